The molecule has 2 amide bonds. The molecule has 0 radical (unpaired) electrons. The van der Waals surface area contributed by atoms with Crippen molar-refractivity contribution in [2.45, 2.75) is 87.4 Å². The summed E-state index contributed by atoms with van der Waals surface area (Å²) in [4.78, 5) is 15.5. The average Bonchev–Trinajstić information content (AvgIpc) is 2.93. The molecule has 6 fully saturated rings. The lowest BCUT2D eigenvalue weighted by Gasteiger charge is -2.57. The number of hydrogen-bond donors (Lipinski definition) is 2. The third kappa shape index (κ3) is 2.63. The summed E-state index contributed by atoms with van der Waals surface area (Å²) in [5.74, 6) is 2.52. The first kappa shape index (κ1) is 17.3. The Bertz CT molecular complexity index is 727. The highest BCUT2D eigenvalue weighted by atomic mass is 16.3. The average molecular weight is 381 g/mol. The maximum Gasteiger partial charge on any atom is 0.318 e. The van der Waals surface area contributed by atoms with Gasteiger partial charge in [-0.2, -0.15) is 0 Å². The Balaban J connectivity index is 1.20. The number of hydrogen-bond acceptors (Lipinski definition) is 2. The van der Waals surface area contributed by atoms with Gasteiger partial charge in [0.25, 0.3) is 0 Å². The summed E-state index contributed by atoms with van der Waals surface area (Å²) in [6.07, 6.45) is 11.2. The quantitative estimate of drug-likeness (QED) is 0.809. The monoisotopic (exact) mass is 380 g/mol. The Morgan fingerprint density at radius 3 is 1.96 bits per heavy atom. The normalized spacial score (nSPS) is 46.0. The summed E-state index contributed by atoms with van der Waals surface area (Å²) < 4.78 is 0. The molecule has 2 saturated heterocycles. The van der Waals surface area contributed by atoms with Gasteiger partial charge in [-0.3, -0.25) is 0 Å². The van der Waals surface area contributed by atoms with Crippen molar-refractivity contribution in [3.63, 3.8) is 0 Å². The molecule has 1 aromatic rings. The fraction of sp³-hybridized carbons (Fsp3) is 0.708. The van der Waals surface area contributed by atoms with Crippen molar-refractivity contribution in [1.29, 1.82) is 0 Å². The van der Waals surface area contributed by atoms with Crippen molar-refractivity contribution in [3.8, 4) is 0 Å². The fourth-order valence-electron chi connectivity index (χ4n) is 8.10. The molecular formula is C24H32N2O2. The highest BCUT2D eigenvalue weighted by molar-refractivity contribution is 5.76. The van der Waals surface area contributed by atoms with E-state index >= 15 is 0 Å². The summed E-state index contributed by atoms with van der Waals surface area (Å²) in [6, 6.07) is 10.5. The smallest absolute Gasteiger partial charge is 0.318 e. The third-order valence-corrected chi connectivity index (χ3v) is 8.72. The maximum absolute atomic E-state index is 13.4. The Kier molecular flexibility index (Phi) is 3.70. The Hall–Kier alpha value is -1.55. The van der Waals surface area contributed by atoms with Crippen LogP contribution in [0.1, 0.15) is 69.8 Å². The van der Waals surface area contributed by atoms with Crippen LogP contribution in [0.3, 0.4) is 0 Å². The molecule has 150 valence electrons. The third-order valence-electron chi connectivity index (χ3n) is 8.72. The SMILES string of the molecule is O=C(NC12CC3CC(CC(C3)C1)C2)N1C2CCC1CC(O)(c1ccccc1)C2. The van der Waals surface area contributed by atoms with Crippen LogP contribution in [0.4, 0.5) is 4.79 Å². The number of nitrogens with one attached hydrogen (secondary N) is 1. The number of fused-ring (bicyclic) bond motifs is 2. The van der Waals surface area contributed by atoms with Crippen molar-refractivity contribution >= 4 is 6.03 Å². The molecule has 0 aromatic heterocycles. The lowest BCUT2D eigenvalue weighted by molar-refractivity contribution is -0.0493. The van der Waals surface area contributed by atoms with Crippen molar-refractivity contribution in [1.82, 2.24) is 10.2 Å². The largest absolute Gasteiger partial charge is 0.385 e. The number of piperidine rings is 1. The number of nitrogens with zero attached hydrogens (tertiary/aromatic N) is 1. The topological polar surface area (TPSA) is 52.6 Å². The second-order valence-corrected chi connectivity index (χ2v) is 10.7. The van der Waals surface area contributed by atoms with Crippen LogP contribution in [0.5, 0.6) is 0 Å². The van der Waals surface area contributed by atoms with E-state index in [0.717, 1.165) is 36.2 Å². The Morgan fingerprint density at radius 1 is 0.893 bits per heavy atom. The van der Waals surface area contributed by atoms with Gasteiger partial charge in [-0.15, -0.1) is 0 Å². The van der Waals surface area contributed by atoms with Crippen LogP contribution in [-0.2, 0) is 5.60 Å². The molecule has 28 heavy (non-hydrogen) atoms. The van der Waals surface area contributed by atoms with Crippen molar-refractivity contribution in [2.24, 2.45) is 17.8 Å². The van der Waals surface area contributed by atoms with E-state index in [2.05, 4.69) is 10.2 Å². The predicted octanol–water partition coefficient (Wildman–Crippen LogP) is 4.18. The van der Waals surface area contributed by atoms with Crippen LogP contribution < -0.4 is 5.32 Å². The van der Waals surface area contributed by atoms with Gasteiger partial charge in [-0.25, -0.2) is 4.79 Å². The van der Waals surface area contributed by atoms with Gasteiger partial charge >= 0.3 is 6.03 Å². The molecule has 4 aliphatic carbocycles. The van der Waals surface area contributed by atoms with Crippen molar-refractivity contribution in [3.05, 3.63) is 35.9 Å². The molecular weight excluding hydrogens is 348 g/mol. The van der Waals surface area contributed by atoms with Crippen molar-refractivity contribution in [2.75, 3.05) is 0 Å². The Morgan fingerprint density at radius 2 is 1.43 bits per heavy atom. The maximum atomic E-state index is 13.4. The highest BCUT2D eigenvalue weighted by Crippen LogP contribution is 2.56. The first-order valence-electron chi connectivity index (χ1n) is 11.4. The van der Waals surface area contributed by atoms with Crippen LogP contribution in [0.25, 0.3) is 0 Å². The number of amides is 2. The van der Waals surface area contributed by atoms with E-state index in [1.54, 1.807) is 0 Å². The fourth-order valence-corrected chi connectivity index (χ4v) is 8.10. The van der Waals surface area contributed by atoms with Crippen molar-refractivity contribution < 1.29 is 9.90 Å². The number of carbonyl (C=O) groups excluding carboxylic acids is 1. The van der Waals surface area contributed by atoms with E-state index in [4.69, 9.17) is 0 Å². The van der Waals surface area contributed by atoms with Gasteiger partial charge in [0.2, 0.25) is 0 Å². The number of carbonyl (C=O) groups is 1. The van der Waals surface area contributed by atoms with E-state index in [-0.39, 0.29) is 23.7 Å². The minimum Gasteiger partial charge on any atom is -0.385 e. The molecule has 2 N–H and O–H groups in total. The van der Waals surface area contributed by atoms with Gasteiger partial charge < -0.3 is 15.3 Å². The first-order valence-corrected chi connectivity index (χ1v) is 11.4. The van der Waals surface area contributed by atoms with Crippen LogP contribution in [0.15, 0.2) is 30.3 Å². The van der Waals surface area contributed by atoms with Crippen LogP contribution in [-0.4, -0.2) is 33.7 Å². The standard InChI is InChI=1S/C24H32N2O2/c27-22(25-23-11-16-8-17(12-23)10-18(9-16)13-23)26-20-6-7-21(26)15-24(28,14-20)19-4-2-1-3-5-19/h1-5,16-18,20-21,28H,6-15H2,(H,25,27). The lowest BCUT2D eigenvalue weighted by Crippen LogP contribution is -2.64. The number of aliphatic hydroxyl groups is 1. The molecule has 4 heteroatoms. The van der Waals surface area contributed by atoms with Crippen LogP contribution in [0, 0.1) is 17.8 Å². The number of urea groups is 1. The zero-order valence-electron chi connectivity index (χ0n) is 16.6. The summed E-state index contributed by atoms with van der Waals surface area (Å²) in [5.41, 5.74) is 0.288. The molecule has 2 aliphatic heterocycles. The van der Waals surface area contributed by atoms with Gasteiger partial charge in [0.15, 0.2) is 0 Å². The van der Waals surface area contributed by atoms with E-state index in [0.29, 0.717) is 12.8 Å². The van der Waals surface area contributed by atoms with E-state index < -0.39 is 5.60 Å². The van der Waals surface area contributed by atoms with Gasteiger partial charge in [0, 0.05) is 30.5 Å². The molecule has 1 aromatic carbocycles. The lowest BCUT2D eigenvalue weighted by atomic mass is 9.53. The van der Waals surface area contributed by atoms with Crippen LogP contribution >= 0.6 is 0 Å². The molecule has 6 aliphatic rings. The van der Waals surface area contributed by atoms with E-state index in [1.807, 2.05) is 30.3 Å². The second-order valence-electron chi connectivity index (χ2n) is 10.7. The van der Waals surface area contributed by atoms with Gasteiger partial charge in [-0.05, 0) is 74.7 Å². The molecule has 4 nitrogen and oxygen atoms in total. The Labute approximate surface area is 167 Å². The van der Waals surface area contributed by atoms with E-state index in [9.17, 15) is 9.90 Å². The molecule has 2 atom stereocenters. The molecule has 6 bridgehead atoms. The number of benzene rings is 1. The minimum absolute atomic E-state index is 0.0679. The molecule has 0 spiro atoms. The zero-order valence-corrected chi connectivity index (χ0v) is 16.6. The summed E-state index contributed by atoms with van der Waals surface area (Å²) in [7, 11) is 0. The predicted molar refractivity (Wildman–Crippen MR) is 108 cm³/mol. The summed E-state index contributed by atoms with van der Waals surface area (Å²) >= 11 is 0. The molecule has 7 rings (SSSR count). The zero-order chi connectivity index (χ0) is 18.9. The summed E-state index contributed by atoms with van der Waals surface area (Å²) in [6.45, 7) is 0. The highest BCUT2D eigenvalue weighted by Gasteiger charge is 2.54. The number of rotatable bonds is 2. The minimum atomic E-state index is -0.787. The van der Waals surface area contributed by atoms with Gasteiger partial charge in [-0.1, -0.05) is 30.3 Å². The van der Waals surface area contributed by atoms with Crippen LogP contribution in [0.2, 0.25) is 0 Å². The van der Waals surface area contributed by atoms with Gasteiger partial charge in [0.05, 0.1) is 5.60 Å². The molecule has 2 heterocycles. The van der Waals surface area contributed by atoms with Gasteiger partial charge in [0.1, 0.15) is 0 Å². The molecule has 4 saturated carbocycles. The first-order chi connectivity index (χ1) is 13.5. The second kappa shape index (κ2) is 5.98. The van der Waals surface area contributed by atoms with E-state index in [1.165, 1.54) is 38.5 Å². The molecule has 2 unspecified atom stereocenters. The summed E-state index contributed by atoms with van der Waals surface area (Å²) in [5, 5.41) is 14.9.